The number of amides is 1. The first kappa shape index (κ1) is 18.6. The third-order valence-corrected chi connectivity index (χ3v) is 4.53. The van der Waals surface area contributed by atoms with Gasteiger partial charge in [0, 0.05) is 19.2 Å². The number of rotatable bonds is 4. The predicted molar refractivity (Wildman–Crippen MR) is 113 cm³/mol. The molecule has 0 saturated heterocycles. The molecule has 0 aliphatic rings. The van der Waals surface area contributed by atoms with Crippen molar-refractivity contribution in [1.29, 1.82) is 0 Å². The van der Waals surface area contributed by atoms with E-state index in [2.05, 4.69) is 10.7 Å². The zero-order chi connectivity index (χ0) is 19.1. The zero-order valence-electron chi connectivity index (χ0n) is 15.1. The average molecular weight is 375 g/mol. The first-order valence-corrected chi connectivity index (χ1v) is 9.06. The van der Waals surface area contributed by atoms with Gasteiger partial charge in [-0.2, -0.15) is 0 Å². The van der Waals surface area contributed by atoms with Crippen LogP contribution in [0.5, 0.6) is 0 Å². The van der Waals surface area contributed by atoms with E-state index in [9.17, 15) is 4.79 Å². The molecule has 3 aromatic carbocycles. The lowest BCUT2D eigenvalue weighted by molar-refractivity contribution is 0.0886. The molecule has 1 amide bonds. The van der Waals surface area contributed by atoms with Crippen LogP contribution in [0.25, 0.3) is 11.1 Å². The number of hydrogen-bond donors (Lipinski definition) is 2. The number of thiocarbonyl (C=S) groups is 1. The van der Waals surface area contributed by atoms with Crippen LogP contribution in [0, 0.1) is 0 Å². The van der Waals surface area contributed by atoms with E-state index in [0.717, 1.165) is 16.7 Å². The highest BCUT2D eigenvalue weighted by molar-refractivity contribution is 7.80. The number of hydrogen-bond acceptors (Lipinski definition) is 2. The number of nitrogens with zero attached hydrogens (tertiary/aromatic N) is 1. The maximum absolute atomic E-state index is 12.4. The van der Waals surface area contributed by atoms with E-state index < -0.39 is 0 Å². The molecular weight excluding hydrogens is 354 g/mol. The summed E-state index contributed by atoms with van der Waals surface area (Å²) in [5, 5.41) is 5.10. The van der Waals surface area contributed by atoms with E-state index in [0.29, 0.717) is 17.2 Å². The molecule has 0 aromatic heterocycles. The van der Waals surface area contributed by atoms with E-state index in [-0.39, 0.29) is 5.91 Å². The maximum Gasteiger partial charge on any atom is 0.269 e. The lowest BCUT2D eigenvalue weighted by Gasteiger charge is -2.21. The Labute approximate surface area is 164 Å². The number of carbonyl (C=O) groups excluding carboxylic acids is 1. The molecule has 2 N–H and O–H groups in total. The Bertz CT molecular complexity index is 896. The van der Waals surface area contributed by atoms with E-state index in [1.54, 1.807) is 7.05 Å². The van der Waals surface area contributed by atoms with Crippen molar-refractivity contribution in [2.24, 2.45) is 0 Å². The van der Waals surface area contributed by atoms with Crippen molar-refractivity contribution in [3.05, 3.63) is 96.1 Å². The van der Waals surface area contributed by atoms with Gasteiger partial charge in [-0.3, -0.25) is 15.2 Å². The van der Waals surface area contributed by atoms with Crippen molar-refractivity contribution in [3.8, 4) is 11.1 Å². The van der Waals surface area contributed by atoms with Gasteiger partial charge in [-0.25, -0.2) is 0 Å². The van der Waals surface area contributed by atoms with Crippen LogP contribution in [-0.4, -0.2) is 23.1 Å². The largest absolute Gasteiger partial charge is 0.357 e. The molecule has 136 valence electrons. The number of benzene rings is 3. The standard InChI is InChI=1S/C22H21N3OS/c1-25(22(27)23-16-17-8-4-2-5-9-17)24-21(26)20-14-12-19(13-15-20)18-10-6-3-7-11-18/h2-15H,16H2,1H3,(H,23,27)(H,24,26). The minimum absolute atomic E-state index is 0.207. The van der Waals surface area contributed by atoms with E-state index >= 15 is 0 Å². The van der Waals surface area contributed by atoms with Crippen LogP contribution in [0.2, 0.25) is 0 Å². The third-order valence-electron chi connectivity index (χ3n) is 4.11. The van der Waals surface area contributed by atoms with Crippen molar-refractivity contribution >= 4 is 23.2 Å². The normalized spacial score (nSPS) is 10.1. The first-order chi connectivity index (χ1) is 13.1. The summed E-state index contributed by atoms with van der Waals surface area (Å²) in [4.78, 5) is 12.4. The van der Waals surface area contributed by atoms with Gasteiger partial charge in [-0.15, -0.1) is 0 Å². The minimum Gasteiger partial charge on any atom is -0.357 e. The van der Waals surface area contributed by atoms with Gasteiger partial charge in [0.25, 0.3) is 5.91 Å². The molecule has 0 saturated carbocycles. The fraction of sp³-hybridized carbons (Fsp3) is 0.0909. The van der Waals surface area contributed by atoms with Gasteiger partial charge >= 0.3 is 0 Å². The molecule has 0 heterocycles. The quantitative estimate of drug-likeness (QED) is 0.534. The van der Waals surface area contributed by atoms with E-state index in [1.165, 1.54) is 5.01 Å². The Morgan fingerprint density at radius 3 is 2.04 bits per heavy atom. The molecule has 4 nitrogen and oxygen atoms in total. The minimum atomic E-state index is -0.207. The number of nitrogens with one attached hydrogen (secondary N) is 2. The lowest BCUT2D eigenvalue weighted by Crippen LogP contribution is -2.47. The Balaban J connectivity index is 1.55. The highest BCUT2D eigenvalue weighted by Gasteiger charge is 2.11. The van der Waals surface area contributed by atoms with Gasteiger partial charge in [-0.05, 0) is 41.0 Å². The summed E-state index contributed by atoms with van der Waals surface area (Å²) < 4.78 is 0. The van der Waals surface area contributed by atoms with E-state index in [4.69, 9.17) is 12.2 Å². The topological polar surface area (TPSA) is 44.4 Å². The monoisotopic (exact) mass is 375 g/mol. The molecule has 3 aromatic rings. The Morgan fingerprint density at radius 1 is 0.852 bits per heavy atom. The number of hydrazine groups is 1. The molecule has 3 rings (SSSR count). The second-order valence-electron chi connectivity index (χ2n) is 6.09. The van der Waals surface area contributed by atoms with Crippen molar-refractivity contribution in [3.63, 3.8) is 0 Å². The molecule has 0 aliphatic carbocycles. The molecule has 0 aliphatic heterocycles. The van der Waals surface area contributed by atoms with Crippen LogP contribution in [0.1, 0.15) is 15.9 Å². The molecular formula is C22H21N3OS. The van der Waals surface area contributed by atoms with Gasteiger partial charge in [0.2, 0.25) is 0 Å². The predicted octanol–water partition coefficient (Wildman–Crippen LogP) is 4.00. The SMILES string of the molecule is CN(NC(=O)c1ccc(-c2ccccc2)cc1)C(=S)NCc1ccccc1. The summed E-state index contributed by atoms with van der Waals surface area (Å²) in [7, 11) is 1.72. The smallest absolute Gasteiger partial charge is 0.269 e. The summed E-state index contributed by atoms with van der Waals surface area (Å²) in [6, 6.07) is 27.5. The zero-order valence-corrected chi connectivity index (χ0v) is 15.9. The van der Waals surface area contributed by atoms with Gasteiger partial charge in [0.15, 0.2) is 5.11 Å². The fourth-order valence-electron chi connectivity index (χ4n) is 2.60. The maximum atomic E-state index is 12.4. The molecule has 0 fully saturated rings. The Kier molecular flexibility index (Phi) is 6.18. The average Bonchev–Trinajstić information content (AvgIpc) is 2.73. The molecule has 0 spiro atoms. The molecule has 0 atom stereocenters. The van der Waals surface area contributed by atoms with Crippen LogP contribution in [0.15, 0.2) is 84.9 Å². The summed E-state index contributed by atoms with van der Waals surface area (Å²) in [5.74, 6) is -0.207. The van der Waals surface area contributed by atoms with Crippen LogP contribution in [0.3, 0.4) is 0 Å². The summed E-state index contributed by atoms with van der Waals surface area (Å²) in [5.41, 5.74) is 6.67. The highest BCUT2D eigenvalue weighted by atomic mass is 32.1. The summed E-state index contributed by atoms with van der Waals surface area (Å²) in [6.45, 7) is 0.603. The lowest BCUT2D eigenvalue weighted by atomic mass is 10.0. The van der Waals surface area contributed by atoms with Crippen LogP contribution < -0.4 is 10.7 Å². The number of carbonyl (C=O) groups is 1. The Hall–Kier alpha value is -3.18. The van der Waals surface area contributed by atoms with Crippen molar-refractivity contribution in [2.75, 3.05) is 7.05 Å². The second-order valence-corrected chi connectivity index (χ2v) is 6.47. The summed E-state index contributed by atoms with van der Waals surface area (Å²) >= 11 is 5.33. The van der Waals surface area contributed by atoms with Crippen LogP contribution in [-0.2, 0) is 6.54 Å². The molecule has 0 radical (unpaired) electrons. The van der Waals surface area contributed by atoms with Gasteiger partial charge < -0.3 is 5.32 Å². The van der Waals surface area contributed by atoms with E-state index in [1.807, 2.05) is 84.9 Å². The molecule has 27 heavy (non-hydrogen) atoms. The second kappa shape index (κ2) is 8.96. The van der Waals surface area contributed by atoms with Crippen molar-refractivity contribution < 1.29 is 4.79 Å². The van der Waals surface area contributed by atoms with Crippen molar-refractivity contribution in [2.45, 2.75) is 6.54 Å². The first-order valence-electron chi connectivity index (χ1n) is 8.65. The van der Waals surface area contributed by atoms with Crippen LogP contribution in [0.4, 0.5) is 0 Å². The highest BCUT2D eigenvalue weighted by Crippen LogP contribution is 2.19. The van der Waals surface area contributed by atoms with Gasteiger partial charge in [-0.1, -0.05) is 72.8 Å². The molecule has 0 bridgehead atoms. The third kappa shape index (κ3) is 5.15. The van der Waals surface area contributed by atoms with Gasteiger partial charge in [0.1, 0.15) is 0 Å². The Morgan fingerprint density at radius 2 is 1.41 bits per heavy atom. The van der Waals surface area contributed by atoms with Crippen LogP contribution >= 0.6 is 12.2 Å². The molecule has 0 unspecified atom stereocenters. The van der Waals surface area contributed by atoms with Crippen molar-refractivity contribution in [1.82, 2.24) is 15.8 Å². The fourth-order valence-corrected chi connectivity index (χ4v) is 2.72. The summed E-state index contributed by atoms with van der Waals surface area (Å²) in [6.07, 6.45) is 0. The van der Waals surface area contributed by atoms with Gasteiger partial charge in [0.05, 0.1) is 0 Å². The molecule has 5 heteroatoms.